The van der Waals surface area contributed by atoms with Gasteiger partial charge in [0.2, 0.25) is 0 Å². The predicted molar refractivity (Wildman–Crippen MR) is 132 cm³/mol. The van der Waals surface area contributed by atoms with Crippen LogP contribution in [0.4, 0.5) is 15.0 Å². The maximum atomic E-state index is 14.2. The predicted octanol–water partition coefficient (Wildman–Crippen LogP) is 4.46. The number of rotatable bonds is 8. The third kappa shape index (κ3) is 6.17. The molecule has 9 nitrogen and oxygen atoms in total. The largest absolute Gasteiger partial charge is 0.478 e. The van der Waals surface area contributed by atoms with E-state index >= 15 is 0 Å². The minimum Gasteiger partial charge on any atom is -0.478 e. The highest BCUT2D eigenvalue weighted by Crippen LogP contribution is 2.25. The number of carboxylic acids is 1. The van der Waals surface area contributed by atoms with Crippen molar-refractivity contribution in [2.75, 3.05) is 24.5 Å². The van der Waals surface area contributed by atoms with Crippen LogP contribution in [0, 0.1) is 17.7 Å². The van der Waals surface area contributed by atoms with Gasteiger partial charge < -0.3 is 10.4 Å². The molecular weight excluding hydrogens is 491 g/mol. The lowest BCUT2D eigenvalue weighted by Crippen LogP contribution is -2.52. The third-order valence-corrected chi connectivity index (χ3v) is 5.96. The Bertz CT molecular complexity index is 1170. The smallest absolute Gasteiger partial charge is 0.339 e. The minimum absolute atomic E-state index is 0.0103. The fourth-order valence-corrected chi connectivity index (χ4v) is 4.37. The van der Waals surface area contributed by atoms with Gasteiger partial charge in [0.15, 0.2) is 0 Å². The zero-order chi connectivity index (χ0) is 26.6. The molecule has 1 fully saturated rings. The molecule has 0 aliphatic carbocycles. The van der Waals surface area contributed by atoms with Crippen molar-refractivity contribution in [2.24, 2.45) is 11.8 Å². The Balaban J connectivity index is 1.75. The van der Waals surface area contributed by atoms with E-state index in [1.165, 1.54) is 23.2 Å². The van der Waals surface area contributed by atoms with Crippen LogP contribution in [0.25, 0.3) is 0 Å². The summed E-state index contributed by atoms with van der Waals surface area (Å²) in [6.07, 6.45) is 2.71. The molecule has 192 valence electrons. The number of carbonyl (C=O) groups is 4. The van der Waals surface area contributed by atoms with Gasteiger partial charge in [-0.05, 0) is 48.9 Å². The van der Waals surface area contributed by atoms with Gasteiger partial charge in [-0.2, -0.15) is 0 Å². The van der Waals surface area contributed by atoms with E-state index < -0.39 is 34.9 Å². The summed E-state index contributed by atoms with van der Waals surface area (Å²) in [5.41, 5.74) is -1.05. The first kappa shape index (κ1) is 27.1. The van der Waals surface area contributed by atoms with Gasteiger partial charge in [0.05, 0.1) is 11.1 Å². The van der Waals surface area contributed by atoms with Gasteiger partial charge in [-0.1, -0.05) is 32.4 Å². The van der Waals surface area contributed by atoms with Crippen LogP contribution in [0.2, 0.25) is 5.02 Å². The quantitative estimate of drug-likeness (QED) is 0.532. The molecule has 1 unspecified atom stereocenters. The number of benzene rings is 1. The van der Waals surface area contributed by atoms with Crippen LogP contribution < -0.4 is 10.2 Å². The molecule has 0 saturated carbocycles. The summed E-state index contributed by atoms with van der Waals surface area (Å²) in [4.78, 5) is 56.5. The Morgan fingerprint density at radius 1 is 1.19 bits per heavy atom. The van der Waals surface area contributed by atoms with Crippen LogP contribution in [0.15, 0.2) is 30.5 Å². The summed E-state index contributed by atoms with van der Waals surface area (Å²) >= 11 is 5.83. The van der Waals surface area contributed by atoms with E-state index in [1.54, 1.807) is 0 Å². The number of carbonyl (C=O) groups excluding carboxylic acids is 3. The average molecular weight is 519 g/mol. The fraction of sp³-hybridized carbons (Fsp3) is 0.400. The van der Waals surface area contributed by atoms with Gasteiger partial charge in [0.1, 0.15) is 17.2 Å². The molecule has 2 N–H and O–H groups in total. The number of hydrogen-bond acceptors (Lipinski definition) is 5. The first-order chi connectivity index (χ1) is 17.0. The van der Waals surface area contributed by atoms with Crippen LogP contribution in [-0.4, -0.2) is 58.4 Å². The number of nitrogens with zero attached hydrogens (tertiary/aromatic N) is 3. The summed E-state index contributed by atoms with van der Waals surface area (Å²) in [6, 6.07) is 4.11. The lowest BCUT2D eigenvalue weighted by atomic mass is 9.99. The lowest BCUT2D eigenvalue weighted by molar-refractivity contribution is 0.0675. The molecule has 1 atom stereocenters. The number of halogens is 2. The molecule has 1 aromatic heterocycles. The van der Waals surface area contributed by atoms with Crippen molar-refractivity contribution in [1.29, 1.82) is 0 Å². The van der Waals surface area contributed by atoms with Gasteiger partial charge >= 0.3 is 12.0 Å². The molecule has 1 aromatic carbocycles. The molecule has 4 amide bonds. The second kappa shape index (κ2) is 11.5. The highest BCUT2D eigenvalue weighted by Gasteiger charge is 2.35. The summed E-state index contributed by atoms with van der Waals surface area (Å²) in [5.74, 6) is -3.01. The van der Waals surface area contributed by atoms with Gasteiger partial charge in [-0.15, -0.1) is 0 Å². The number of nitrogens with one attached hydrogen (secondary N) is 1. The monoisotopic (exact) mass is 518 g/mol. The second-order valence-corrected chi connectivity index (χ2v) is 9.65. The average Bonchev–Trinajstić information content (AvgIpc) is 2.81. The molecule has 36 heavy (non-hydrogen) atoms. The number of carboxylic acid groups (broad SMARTS) is 1. The Hall–Kier alpha value is -3.53. The molecule has 1 aliphatic heterocycles. The van der Waals surface area contributed by atoms with E-state index in [0.717, 1.165) is 23.5 Å². The van der Waals surface area contributed by atoms with Crippen LogP contribution in [0.5, 0.6) is 0 Å². The number of aromatic nitrogens is 1. The number of aromatic carboxylic acids is 1. The van der Waals surface area contributed by atoms with Crippen LogP contribution >= 0.6 is 11.6 Å². The zero-order valence-electron chi connectivity index (χ0n) is 20.3. The summed E-state index contributed by atoms with van der Waals surface area (Å²) < 4.78 is 14.2. The minimum atomic E-state index is -1.65. The summed E-state index contributed by atoms with van der Waals surface area (Å²) in [6.45, 7) is 7.10. The fourth-order valence-electron chi connectivity index (χ4n) is 4.17. The molecule has 0 radical (unpaired) electrons. The molecule has 11 heteroatoms. The maximum absolute atomic E-state index is 14.2. The molecule has 1 aliphatic rings. The van der Waals surface area contributed by atoms with Crippen molar-refractivity contribution in [3.8, 4) is 0 Å². The summed E-state index contributed by atoms with van der Waals surface area (Å²) in [7, 11) is 0. The molecule has 0 spiro atoms. The van der Waals surface area contributed by atoms with Crippen molar-refractivity contribution >= 4 is 41.2 Å². The zero-order valence-corrected chi connectivity index (χ0v) is 21.0. The first-order valence-corrected chi connectivity index (χ1v) is 12.0. The van der Waals surface area contributed by atoms with Crippen LogP contribution in [0.3, 0.4) is 0 Å². The highest BCUT2D eigenvalue weighted by atomic mass is 35.5. The van der Waals surface area contributed by atoms with E-state index in [2.05, 4.69) is 31.1 Å². The van der Waals surface area contributed by atoms with E-state index in [-0.39, 0.29) is 29.8 Å². The first-order valence-electron chi connectivity index (χ1n) is 11.6. The van der Waals surface area contributed by atoms with Crippen LogP contribution in [0.1, 0.15) is 64.7 Å². The van der Waals surface area contributed by atoms with Crippen molar-refractivity contribution in [2.45, 2.75) is 33.6 Å². The van der Waals surface area contributed by atoms with Crippen molar-refractivity contribution in [3.05, 3.63) is 58.0 Å². The van der Waals surface area contributed by atoms with Crippen molar-refractivity contribution < 1.29 is 28.7 Å². The number of imide groups is 1. The van der Waals surface area contributed by atoms with Gasteiger partial charge in [-0.3, -0.25) is 19.4 Å². The molecular formula is C25H28ClFN4O5. The Labute approximate surface area is 213 Å². The number of urea groups is 1. The van der Waals surface area contributed by atoms with E-state index in [0.29, 0.717) is 30.4 Å². The van der Waals surface area contributed by atoms with Crippen molar-refractivity contribution in [3.63, 3.8) is 0 Å². The standard InChI is InChI=1S/C25H28ClFN4O5/c1-14(2)9-15(3)12-29-22(32)16-5-6-20(28-13-16)30-7-4-8-31(25(30)36)23(33)18-10-17(26)11-19(27)21(18)24(34)35/h5-6,10-11,13-15H,4,7-9,12H2,1-3H3,(H,29,32)(H,34,35). The van der Waals surface area contributed by atoms with Crippen LogP contribution in [-0.2, 0) is 0 Å². The van der Waals surface area contributed by atoms with Crippen molar-refractivity contribution in [1.82, 2.24) is 15.2 Å². The number of hydrogen-bond donors (Lipinski definition) is 2. The molecule has 3 rings (SSSR count). The molecule has 2 aromatic rings. The summed E-state index contributed by atoms with van der Waals surface area (Å²) in [5, 5.41) is 12.1. The molecule has 1 saturated heterocycles. The van der Waals surface area contributed by atoms with Gasteiger partial charge in [0.25, 0.3) is 11.8 Å². The molecule has 0 bridgehead atoms. The SMILES string of the molecule is CC(C)CC(C)CNC(=O)c1ccc(N2CCCN(C(=O)c3cc(Cl)cc(F)c3C(=O)O)C2=O)nc1. The topological polar surface area (TPSA) is 120 Å². The van der Waals surface area contributed by atoms with E-state index in [1.807, 2.05) is 0 Å². The van der Waals surface area contributed by atoms with E-state index in [9.17, 15) is 28.7 Å². The Morgan fingerprint density at radius 3 is 2.53 bits per heavy atom. The number of amides is 4. The number of anilines is 1. The Morgan fingerprint density at radius 2 is 1.92 bits per heavy atom. The third-order valence-electron chi connectivity index (χ3n) is 5.74. The highest BCUT2D eigenvalue weighted by molar-refractivity contribution is 6.31. The van der Waals surface area contributed by atoms with Gasteiger partial charge in [0, 0.05) is 30.9 Å². The second-order valence-electron chi connectivity index (χ2n) is 9.21. The lowest BCUT2D eigenvalue weighted by Gasteiger charge is -2.34. The van der Waals surface area contributed by atoms with E-state index in [4.69, 9.17) is 11.6 Å². The van der Waals surface area contributed by atoms with Gasteiger partial charge in [-0.25, -0.2) is 19.0 Å². The normalized spacial score (nSPS) is 14.7. The number of pyridine rings is 1. The maximum Gasteiger partial charge on any atom is 0.339 e. The Kier molecular flexibility index (Phi) is 8.62. The molecule has 2 heterocycles.